The highest BCUT2D eigenvalue weighted by atomic mass is 16.5. The molecule has 0 saturated heterocycles. The summed E-state index contributed by atoms with van der Waals surface area (Å²) in [6.45, 7) is 2.29. The van der Waals surface area contributed by atoms with Crippen LogP contribution in [0.25, 0.3) is 0 Å². The molecule has 1 rings (SSSR count). The van der Waals surface area contributed by atoms with Crippen LogP contribution in [0.4, 0.5) is 0 Å². The Morgan fingerprint density at radius 1 is 1.00 bits per heavy atom. The van der Waals surface area contributed by atoms with Crippen LogP contribution in [0.3, 0.4) is 0 Å². The molecule has 5 nitrogen and oxygen atoms in total. The van der Waals surface area contributed by atoms with Crippen molar-refractivity contribution in [2.75, 3.05) is 40.6 Å². The molecule has 0 atom stereocenters. The summed E-state index contributed by atoms with van der Waals surface area (Å²) in [7, 11) is 3.26. The smallest absolute Gasteiger partial charge is 0.161 e. The summed E-state index contributed by atoms with van der Waals surface area (Å²) in [5.74, 6) is 1.27. The molecule has 0 spiro atoms. The van der Waals surface area contributed by atoms with Gasteiger partial charge in [-0.15, -0.1) is 0 Å². The molecule has 0 saturated carbocycles. The number of hydrogen-bond acceptors (Lipinski definition) is 5. The topological polar surface area (TPSA) is 57.2 Å². The lowest BCUT2D eigenvalue weighted by molar-refractivity contribution is 0.0799. The Morgan fingerprint density at radius 3 is 2.53 bits per heavy atom. The van der Waals surface area contributed by atoms with Crippen molar-refractivity contribution < 1.29 is 24.1 Å². The minimum Gasteiger partial charge on any atom is -0.493 e. The summed E-state index contributed by atoms with van der Waals surface area (Å²) < 4.78 is 21.1. The molecule has 108 valence electrons. The minimum atomic E-state index is -0.0200. The van der Waals surface area contributed by atoms with Crippen LogP contribution in [-0.4, -0.2) is 45.8 Å². The first-order valence-corrected chi connectivity index (χ1v) is 6.29. The Labute approximate surface area is 114 Å². The lowest BCUT2D eigenvalue weighted by Gasteiger charge is -2.12. The zero-order chi connectivity index (χ0) is 13.9. The fourth-order valence-electron chi connectivity index (χ4n) is 1.55. The summed E-state index contributed by atoms with van der Waals surface area (Å²) in [5.41, 5.74) is 0.789. The van der Waals surface area contributed by atoms with Gasteiger partial charge in [0.1, 0.15) is 6.61 Å². The lowest BCUT2D eigenvalue weighted by Crippen LogP contribution is -2.09. The number of hydrogen-bond donors (Lipinski definition) is 1. The average molecular weight is 270 g/mol. The summed E-state index contributed by atoms with van der Waals surface area (Å²) in [6.07, 6.45) is 0.875. The van der Waals surface area contributed by atoms with Crippen molar-refractivity contribution in [1.82, 2.24) is 0 Å². The highest BCUT2D eigenvalue weighted by Gasteiger charge is 2.05. The van der Waals surface area contributed by atoms with Crippen LogP contribution >= 0.6 is 0 Å². The van der Waals surface area contributed by atoms with Crippen LogP contribution < -0.4 is 9.47 Å². The number of methoxy groups -OCH3 is 2. The minimum absolute atomic E-state index is 0.0200. The first-order chi connectivity index (χ1) is 9.31. The normalized spacial score (nSPS) is 10.5. The quantitative estimate of drug-likeness (QED) is 0.655. The Morgan fingerprint density at radius 2 is 1.84 bits per heavy atom. The Kier molecular flexibility index (Phi) is 7.97. The molecule has 0 fully saturated rings. The molecule has 1 aromatic carbocycles. The monoisotopic (exact) mass is 270 g/mol. The number of ether oxygens (including phenoxy) is 4. The number of aliphatic hydroxyl groups is 1. The second-order valence-corrected chi connectivity index (χ2v) is 3.95. The molecule has 0 bridgehead atoms. The standard InChI is InChI=1S/C14H22O5/c1-16-6-3-7-18-8-9-19-14-10-12(11-15)4-5-13(14)17-2/h4-5,10,15H,3,6-9,11H2,1-2H3. The maximum Gasteiger partial charge on any atom is 0.161 e. The summed E-state index contributed by atoms with van der Waals surface area (Å²) in [5, 5.41) is 9.08. The Bertz CT molecular complexity index is 354. The van der Waals surface area contributed by atoms with Gasteiger partial charge in [0.25, 0.3) is 0 Å². The van der Waals surface area contributed by atoms with E-state index in [1.54, 1.807) is 32.4 Å². The van der Waals surface area contributed by atoms with E-state index < -0.39 is 0 Å². The van der Waals surface area contributed by atoms with Crippen LogP contribution in [-0.2, 0) is 16.1 Å². The summed E-state index contributed by atoms with van der Waals surface area (Å²) in [6, 6.07) is 5.34. The van der Waals surface area contributed by atoms with Crippen molar-refractivity contribution in [3.8, 4) is 11.5 Å². The van der Waals surface area contributed by atoms with Gasteiger partial charge >= 0.3 is 0 Å². The molecule has 0 heterocycles. The van der Waals surface area contributed by atoms with Gasteiger partial charge in [-0.2, -0.15) is 0 Å². The molecular formula is C14H22O5. The van der Waals surface area contributed by atoms with E-state index in [2.05, 4.69) is 0 Å². The van der Waals surface area contributed by atoms with Crippen LogP contribution in [0.5, 0.6) is 11.5 Å². The number of benzene rings is 1. The van der Waals surface area contributed by atoms with Gasteiger partial charge < -0.3 is 24.1 Å². The fourth-order valence-corrected chi connectivity index (χ4v) is 1.55. The molecular weight excluding hydrogens is 248 g/mol. The summed E-state index contributed by atoms with van der Waals surface area (Å²) >= 11 is 0. The molecule has 0 aromatic heterocycles. The van der Waals surface area contributed by atoms with E-state index in [1.807, 2.05) is 0 Å². The van der Waals surface area contributed by atoms with Crippen molar-refractivity contribution in [1.29, 1.82) is 0 Å². The third kappa shape index (κ3) is 5.92. The van der Waals surface area contributed by atoms with E-state index in [4.69, 9.17) is 24.1 Å². The molecule has 0 aliphatic rings. The van der Waals surface area contributed by atoms with E-state index in [0.717, 1.165) is 12.0 Å². The van der Waals surface area contributed by atoms with Crippen LogP contribution in [0.15, 0.2) is 18.2 Å². The first kappa shape index (κ1) is 15.8. The van der Waals surface area contributed by atoms with E-state index in [1.165, 1.54) is 0 Å². The highest BCUT2D eigenvalue weighted by Crippen LogP contribution is 2.27. The van der Waals surface area contributed by atoms with E-state index in [-0.39, 0.29) is 6.61 Å². The van der Waals surface area contributed by atoms with Crippen molar-refractivity contribution >= 4 is 0 Å². The van der Waals surface area contributed by atoms with Crippen molar-refractivity contribution in [2.24, 2.45) is 0 Å². The van der Waals surface area contributed by atoms with E-state index in [0.29, 0.717) is 37.9 Å². The second-order valence-electron chi connectivity index (χ2n) is 3.95. The predicted molar refractivity (Wildman–Crippen MR) is 71.7 cm³/mol. The van der Waals surface area contributed by atoms with Crippen LogP contribution in [0, 0.1) is 0 Å². The highest BCUT2D eigenvalue weighted by molar-refractivity contribution is 5.42. The van der Waals surface area contributed by atoms with E-state index >= 15 is 0 Å². The second kappa shape index (κ2) is 9.61. The molecule has 0 aliphatic carbocycles. The van der Waals surface area contributed by atoms with Crippen LogP contribution in [0.1, 0.15) is 12.0 Å². The number of rotatable bonds is 10. The fraction of sp³-hybridized carbons (Fsp3) is 0.571. The Hall–Kier alpha value is -1.30. The molecule has 5 heteroatoms. The molecule has 0 aliphatic heterocycles. The molecule has 0 amide bonds. The molecule has 1 N–H and O–H groups in total. The van der Waals surface area contributed by atoms with Gasteiger partial charge in [0.2, 0.25) is 0 Å². The van der Waals surface area contributed by atoms with E-state index in [9.17, 15) is 0 Å². The van der Waals surface area contributed by atoms with Crippen molar-refractivity contribution in [2.45, 2.75) is 13.0 Å². The first-order valence-electron chi connectivity index (χ1n) is 6.29. The number of aliphatic hydroxyl groups excluding tert-OH is 1. The zero-order valence-corrected chi connectivity index (χ0v) is 11.6. The van der Waals surface area contributed by atoms with Gasteiger partial charge in [0.15, 0.2) is 11.5 Å². The third-order valence-corrected chi connectivity index (χ3v) is 2.53. The van der Waals surface area contributed by atoms with Gasteiger partial charge in [0.05, 0.1) is 20.3 Å². The maximum atomic E-state index is 9.08. The molecule has 0 unspecified atom stereocenters. The van der Waals surface area contributed by atoms with Gasteiger partial charge in [-0.25, -0.2) is 0 Å². The maximum absolute atomic E-state index is 9.08. The third-order valence-electron chi connectivity index (χ3n) is 2.53. The molecule has 1 aromatic rings. The largest absolute Gasteiger partial charge is 0.493 e. The Balaban J connectivity index is 2.31. The molecule has 0 radical (unpaired) electrons. The lowest BCUT2D eigenvalue weighted by atomic mass is 10.2. The van der Waals surface area contributed by atoms with Gasteiger partial charge in [-0.05, 0) is 24.1 Å². The van der Waals surface area contributed by atoms with Crippen molar-refractivity contribution in [3.63, 3.8) is 0 Å². The molecule has 19 heavy (non-hydrogen) atoms. The SMILES string of the molecule is COCCCOCCOc1cc(CO)ccc1OC. The van der Waals surface area contributed by atoms with Gasteiger partial charge in [-0.3, -0.25) is 0 Å². The van der Waals surface area contributed by atoms with Gasteiger partial charge in [0, 0.05) is 20.3 Å². The van der Waals surface area contributed by atoms with Gasteiger partial charge in [-0.1, -0.05) is 6.07 Å². The summed E-state index contributed by atoms with van der Waals surface area (Å²) in [4.78, 5) is 0. The average Bonchev–Trinajstić information content (AvgIpc) is 2.46. The van der Waals surface area contributed by atoms with Crippen LogP contribution in [0.2, 0.25) is 0 Å². The predicted octanol–water partition coefficient (Wildman–Crippen LogP) is 1.62. The zero-order valence-electron chi connectivity index (χ0n) is 11.6. The van der Waals surface area contributed by atoms with Crippen molar-refractivity contribution in [3.05, 3.63) is 23.8 Å².